The molecule has 0 amide bonds. The van der Waals surface area contributed by atoms with E-state index in [0.29, 0.717) is 0 Å². The summed E-state index contributed by atoms with van der Waals surface area (Å²) in [6, 6.07) is 20.9. The van der Waals surface area contributed by atoms with Gasteiger partial charge in [0.15, 0.2) is 0 Å². The van der Waals surface area contributed by atoms with Crippen molar-refractivity contribution < 1.29 is 9.90 Å². The van der Waals surface area contributed by atoms with Crippen LogP contribution >= 0.6 is 0 Å². The Morgan fingerprint density at radius 3 is 2.42 bits per heavy atom. The van der Waals surface area contributed by atoms with Crippen molar-refractivity contribution >= 4 is 16.7 Å². The highest BCUT2D eigenvalue weighted by Crippen LogP contribution is 2.25. The molecule has 1 N–H and O–H groups in total. The van der Waals surface area contributed by atoms with Crippen molar-refractivity contribution in [1.29, 1.82) is 0 Å². The van der Waals surface area contributed by atoms with Gasteiger partial charge in [0.05, 0.1) is 23.1 Å². The Morgan fingerprint density at radius 2 is 1.67 bits per heavy atom. The predicted molar refractivity (Wildman–Crippen MR) is 91.3 cm³/mol. The number of rotatable bonds is 3. The maximum absolute atomic E-state index is 11.0. The second-order valence-corrected chi connectivity index (χ2v) is 5.45. The van der Waals surface area contributed by atoms with Gasteiger partial charge in [-0.3, -0.25) is 0 Å². The van der Waals surface area contributed by atoms with Gasteiger partial charge in [0.1, 0.15) is 0 Å². The van der Waals surface area contributed by atoms with Gasteiger partial charge in [0.25, 0.3) is 0 Å². The van der Waals surface area contributed by atoms with Crippen LogP contribution in [0.4, 0.5) is 0 Å². The molecule has 1 aromatic heterocycles. The number of hydrogen-bond acceptors (Lipinski definition) is 3. The van der Waals surface area contributed by atoms with Crippen LogP contribution in [0.1, 0.15) is 10.4 Å². The van der Waals surface area contributed by atoms with Gasteiger partial charge in [-0.25, -0.2) is 9.48 Å². The average Bonchev–Trinajstić information content (AvgIpc) is 3.11. The first kappa shape index (κ1) is 14.1. The van der Waals surface area contributed by atoms with Crippen LogP contribution in [0, 0.1) is 0 Å². The average molecular weight is 315 g/mol. The number of carboxylic acids is 1. The van der Waals surface area contributed by atoms with Crippen LogP contribution in [0.2, 0.25) is 0 Å². The Morgan fingerprint density at radius 1 is 0.917 bits per heavy atom. The lowest BCUT2D eigenvalue weighted by atomic mass is 10.1. The summed E-state index contributed by atoms with van der Waals surface area (Å²) in [5, 5.41) is 19.5. The number of aromatic nitrogens is 3. The van der Waals surface area contributed by atoms with Crippen molar-refractivity contribution in [1.82, 2.24) is 15.0 Å². The summed E-state index contributed by atoms with van der Waals surface area (Å²) in [5.74, 6) is -0.949. The molecule has 0 radical (unpaired) electrons. The molecule has 4 aromatic rings. The molecule has 0 unspecified atom stereocenters. The van der Waals surface area contributed by atoms with E-state index in [-0.39, 0.29) is 5.56 Å². The maximum Gasteiger partial charge on any atom is 0.335 e. The largest absolute Gasteiger partial charge is 0.478 e. The third-order valence-electron chi connectivity index (χ3n) is 3.95. The molecule has 0 aliphatic rings. The summed E-state index contributed by atoms with van der Waals surface area (Å²) in [4.78, 5) is 11.0. The van der Waals surface area contributed by atoms with E-state index in [9.17, 15) is 4.79 Å². The number of hydrogen-bond donors (Lipinski definition) is 1. The highest BCUT2D eigenvalue weighted by Gasteiger charge is 2.10. The molecule has 4 rings (SSSR count). The first-order chi connectivity index (χ1) is 11.7. The normalized spacial score (nSPS) is 10.8. The fourth-order valence-electron chi connectivity index (χ4n) is 2.72. The summed E-state index contributed by atoms with van der Waals surface area (Å²) < 4.78 is 1.70. The van der Waals surface area contributed by atoms with Crippen molar-refractivity contribution in [2.24, 2.45) is 0 Å². The third kappa shape index (κ3) is 2.42. The number of carboxylic acid groups (broad SMARTS) is 1. The molecule has 0 fully saturated rings. The van der Waals surface area contributed by atoms with E-state index in [1.807, 2.05) is 18.2 Å². The Labute approximate surface area is 137 Å². The third-order valence-corrected chi connectivity index (χ3v) is 3.95. The summed E-state index contributed by atoms with van der Waals surface area (Å²) in [7, 11) is 0. The molecule has 0 bridgehead atoms. The molecule has 24 heavy (non-hydrogen) atoms. The maximum atomic E-state index is 11.0. The monoisotopic (exact) mass is 315 g/mol. The summed E-state index contributed by atoms with van der Waals surface area (Å²) in [5.41, 5.74) is 2.86. The molecule has 116 valence electrons. The minimum absolute atomic E-state index is 0.242. The highest BCUT2D eigenvalue weighted by atomic mass is 16.4. The molecule has 0 saturated carbocycles. The molecule has 0 saturated heterocycles. The first-order valence-electron chi connectivity index (χ1n) is 7.46. The first-order valence-corrected chi connectivity index (χ1v) is 7.46. The van der Waals surface area contributed by atoms with E-state index in [1.54, 1.807) is 35.1 Å². The molecule has 0 aliphatic carbocycles. The fourth-order valence-corrected chi connectivity index (χ4v) is 2.72. The van der Waals surface area contributed by atoms with E-state index in [4.69, 9.17) is 5.11 Å². The van der Waals surface area contributed by atoms with E-state index < -0.39 is 5.97 Å². The summed E-state index contributed by atoms with van der Waals surface area (Å²) >= 11 is 0. The molecule has 5 heteroatoms. The zero-order valence-corrected chi connectivity index (χ0v) is 12.6. The van der Waals surface area contributed by atoms with Gasteiger partial charge >= 0.3 is 5.97 Å². The van der Waals surface area contributed by atoms with E-state index in [1.165, 1.54) is 5.39 Å². The summed E-state index contributed by atoms with van der Waals surface area (Å²) in [6.45, 7) is 0. The Hall–Kier alpha value is -3.47. The Bertz CT molecular complexity index is 1040. The number of carbonyl (C=O) groups is 1. The minimum atomic E-state index is -0.949. The van der Waals surface area contributed by atoms with Gasteiger partial charge in [-0.15, -0.1) is 5.10 Å². The van der Waals surface area contributed by atoms with Crippen molar-refractivity contribution in [3.05, 3.63) is 78.5 Å². The lowest BCUT2D eigenvalue weighted by molar-refractivity contribution is 0.0697. The van der Waals surface area contributed by atoms with Gasteiger partial charge in [-0.05, 0) is 41.1 Å². The van der Waals surface area contributed by atoms with Crippen LogP contribution in [0.15, 0.2) is 72.9 Å². The highest BCUT2D eigenvalue weighted by molar-refractivity contribution is 5.88. The van der Waals surface area contributed by atoms with E-state index in [0.717, 1.165) is 22.3 Å². The van der Waals surface area contributed by atoms with Crippen molar-refractivity contribution in [2.75, 3.05) is 0 Å². The smallest absolute Gasteiger partial charge is 0.335 e. The van der Waals surface area contributed by atoms with Crippen LogP contribution in [-0.4, -0.2) is 26.1 Å². The van der Waals surface area contributed by atoms with Gasteiger partial charge in [-0.2, -0.15) is 0 Å². The van der Waals surface area contributed by atoms with E-state index in [2.05, 4.69) is 34.6 Å². The zero-order chi connectivity index (χ0) is 16.5. The number of benzene rings is 3. The van der Waals surface area contributed by atoms with Gasteiger partial charge in [-0.1, -0.05) is 41.6 Å². The quantitative estimate of drug-likeness (QED) is 0.624. The number of nitrogens with zero attached hydrogens (tertiary/aromatic N) is 3. The molecule has 5 nitrogen and oxygen atoms in total. The van der Waals surface area contributed by atoms with Gasteiger partial charge in [0.2, 0.25) is 0 Å². The van der Waals surface area contributed by atoms with Crippen molar-refractivity contribution in [3.8, 4) is 16.9 Å². The standard InChI is InChI=1S/C19H13N3O2/c23-19(24)14-7-9-17(10-8-14)22-18(12-20-21-22)16-6-5-13-3-1-2-4-15(13)11-16/h1-12H,(H,23,24). The Balaban J connectivity index is 1.79. The molecule has 3 aromatic carbocycles. The SMILES string of the molecule is O=C(O)c1ccc(-n2nncc2-c2ccc3ccccc3c2)cc1. The van der Waals surface area contributed by atoms with E-state index >= 15 is 0 Å². The second kappa shape index (κ2) is 5.62. The number of aromatic carboxylic acids is 1. The van der Waals surface area contributed by atoms with Gasteiger partial charge in [0, 0.05) is 5.56 Å². The van der Waals surface area contributed by atoms with Crippen molar-refractivity contribution in [2.45, 2.75) is 0 Å². The fraction of sp³-hybridized carbons (Fsp3) is 0. The van der Waals surface area contributed by atoms with Gasteiger partial charge < -0.3 is 5.11 Å². The van der Waals surface area contributed by atoms with Crippen LogP contribution in [0.25, 0.3) is 27.7 Å². The molecule has 1 heterocycles. The summed E-state index contributed by atoms with van der Waals surface area (Å²) in [6.07, 6.45) is 1.70. The van der Waals surface area contributed by atoms with Crippen LogP contribution in [0.5, 0.6) is 0 Å². The molecular formula is C19H13N3O2. The molecule has 0 atom stereocenters. The topological polar surface area (TPSA) is 68.0 Å². The minimum Gasteiger partial charge on any atom is -0.478 e. The lowest BCUT2D eigenvalue weighted by Crippen LogP contribution is -2.01. The number of fused-ring (bicyclic) bond motifs is 1. The predicted octanol–water partition coefficient (Wildman–Crippen LogP) is 3.79. The van der Waals surface area contributed by atoms with Crippen LogP contribution in [-0.2, 0) is 0 Å². The Kier molecular flexibility index (Phi) is 3.31. The van der Waals surface area contributed by atoms with Crippen molar-refractivity contribution in [3.63, 3.8) is 0 Å². The molecule has 0 aliphatic heterocycles. The molecule has 0 spiro atoms. The molecular weight excluding hydrogens is 302 g/mol. The van der Waals surface area contributed by atoms with Crippen LogP contribution < -0.4 is 0 Å². The second-order valence-electron chi connectivity index (χ2n) is 5.45. The lowest BCUT2D eigenvalue weighted by Gasteiger charge is -2.08. The zero-order valence-electron chi connectivity index (χ0n) is 12.6. The van der Waals surface area contributed by atoms with Crippen LogP contribution in [0.3, 0.4) is 0 Å².